The second-order valence-electron chi connectivity index (χ2n) is 12.1. The molecule has 1 aliphatic carbocycles. The average Bonchev–Trinajstić information content (AvgIpc) is 3.93. The molecule has 48 heavy (non-hydrogen) atoms. The topological polar surface area (TPSA) is 160 Å². The zero-order chi connectivity index (χ0) is 33.9. The van der Waals surface area contributed by atoms with Crippen molar-refractivity contribution in [2.75, 3.05) is 84.3 Å². The zero-order valence-electron chi connectivity index (χ0n) is 27.3. The third-order valence-corrected chi connectivity index (χ3v) is 12.7. The summed E-state index contributed by atoms with van der Waals surface area (Å²) in [5.41, 5.74) is 3.84. The number of aromatic nitrogens is 2. The monoisotopic (exact) mass is 697 g/mol. The molecule has 16 heteroatoms. The maximum absolute atomic E-state index is 13.1. The molecule has 2 aliphatic heterocycles. The van der Waals surface area contributed by atoms with Crippen molar-refractivity contribution in [3.63, 3.8) is 0 Å². The molecule has 3 aromatic rings. The molecule has 2 saturated heterocycles. The Labute approximate surface area is 282 Å². The van der Waals surface area contributed by atoms with Gasteiger partial charge in [0.05, 0.1) is 11.5 Å². The van der Waals surface area contributed by atoms with Crippen molar-refractivity contribution >= 4 is 60.5 Å². The number of amides is 1. The minimum atomic E-state index is -3.19. The Kier molecular flexibility index (Phi) is 10.1. The fourth-order valence-corrected chi connectivity index (χ4v) is 7.95. The highest BCUT2D eigenvalue weighted by Gasteiger charge is 2.28. The number of anilines is 6. The zero-order valence-corrected chi connectivity index (χ0v) is 28.9. The third kappa shape index (κ3) is 7.99. The van der Waals surface area contributed by atoms with Crippen LogP contribution in [0.25, 0.3) is 0 Å². The molecule has 1 amide bonds. The Morgan fingerprint density at radius 2 is 1.17 bits per heavy atom. The van der Waals surface area contributed by atoms with Gasteiger partial charge in [-0.3, -0.25) is 4.79 Å². The molecule has 3 N–H and O–H groups in total. The van der Waals surface area contributed by atoms with Crippen LogP contribution in [0, 0.1) is 0 Å². The van der Waals surface area contributed by atoms with E-state index in [9.17, 15) is 21.6 Å². The molecule has 6 rings (SSSR count). The van der Waals surface area contributed by atoms with Crippen molar-refractivity contribution in [2.45, 2.75) is 32.7 Å². The fourth-order valence-electron chi connectivity index (χ4n) is 5.79. The number of sulfonamides is 2. The highest BCUT2D eigenvalue weighted by Crippen LogP contribution is 2.27. The van der Waals surface area contributed by atoms with Gasteiger partial charge < -0.3 is 25.8 Å². The van der Waals surface area contributed by atoms with Crippen molar-refractivity contribution in [3.05, 3.63) is 60.3 Å². The summed E-state index contributed by atoms with van der Waals surface area (Å²) in [6.07, 6.45) is 3.43. The van der Waals surface area contributed by atoms with Gasteiger partial charge in [-0.15, -0.1) is 0 Å². The van der Waals surface area contributed by atoms with Crippen LogP contribution < -0.4 is 25.8 Å². The fraction of sp³-hybridized carbons (Fsp3) is 0.469. The van der Waals surface area contributed by atoms with E-state index in [2.05, 4.69) is 35.7 Å². The van der Waals surface area contributed by atoms with Gasteiger partial charge in [-0.2, -0.15) is 13.6 Å². The Morgan fingerprint density at radius 1 is 0.708 bits per heavy atom. The van der Waals surface area contributed by atoms with Crippen LogP contribution in [-0.2, 0) is 20.0 Å². The van der Waals surface area contributed by atoms with Gasteiger partial charge in [-0.1, -0.05) is 0 Å². The second kappa shape index (κ2) is 14.2. The minimum absolute atomic E-state index is 0.106. The summed E-state index contributed by atoms with van der Waals surface area (Å²) in [5.74, 6) is 0.671. The van der Waals surface area contributed by atoms with Crippen LogP contribution in [0.3, 0.4) is 0 Å². The number of nitrogens with one attached hydrogen (secondary N) is 3. The Hall–Kier alpha value is -3.99. The molecule has 0 bridgehead atoms. The predicted molar refractivity (Wildman–Crippen MR) is 188 cm³/mol. The van der Waals surface area contributed by atoms with E-state index in [4.69, 9.17) is 0 Å². The first kappa shape index (κ1) is 33.9. The van der Waals surface area contributed by atoms with E-state index >= 15 is 0 Å². The van der Waals surface area contributed by atoms with Crippen LogP contribution in [-0.4, -0.2) is 111 Å². The maximum Gasteiger partial charge on any atom is 0.256 e. The first-order valence-corrected chi connectivity index (χ1v) is 19.6. The number of hydrogen-bond acceptors (Lipinski definition) is 11. The molecule has 258 valence electrons. The lowest BCUT2D eigenvalue weighted by atomic mass is 10.2. The van der Waals surface area contributed by atoms with Gasteiger partial charge in [0.25, 0.3) is 5.91 Å². The molecular formula is C32H43N9O5S2. The van der Waals surface area contributed by atoms with Crippen molar-refractivity contribution in [2.24, 2.45) is 0 Å². The summed E-state index contributed by atoms with van der Waals surface area (Å²) in [5, 5.41) is 9.54. The first-order valence-electron chi connectivity index (χ1n) is 16.4. The van der Waals surface area contributed by atoms with Crippen molar-refractivity contribution in [1.29, 1.82) is 0 Å². The van der Waals surface area contributed by atoms with Crippen LogP contribution in [0.4, 0.5) is 34.5 Å². The molecule has 3 fully saturated rings. The molecule has 3 aliphatic rings. The van der Waals surface area contributed by atoms with E-state index in [0.717, 1.165) is 35.6 Å². The summed E-state index contributed by atoms with van der Waals surface area (Å²) < 4.78 is 52.0. The van der Waals surface area contributed by atoms with Gasteiger partial charge in [0.1, 0.15) is 11.4 Å². The van der Waals surface area contributed by atoms with Crippen LogP contribution in [0.5, 0.6) is 0 Å². The number of hydrogen-bond donors (Lipinski definition) is 3. The molecule has 1 aromatic heterocycles. The molecule has 1 saturated carbocycles. The lowest BCUT2D eigenvalue weighted by molar-refractivity contribution is 0.0951. The van der Waals surface area contributed by atoms with Crippen molar-refractivity contribution < 1.29 is 21.6 Å². The van der Waals surface area contributed by atoms with E-state index in [1.54, 1.807) is 22.5 Å². The lowest BCUT2D eigenvalue weighted by Crippen LogP contribution is -2.49. The number of carbonyl (C=O) groups excluding carboxylic acids is 1. The van der Waals surface area contributed by atoms with E-state index in [1.807, 2.05) is 48.5 Å². The summed E-state index contributed by atoms with van der Waals surface area (Å²) in [7, 11) is -6.38. The number of rotatable bonds is 12. The second-order valence-corrected chi connectivity index (χ2v) is 16.6. The average molecular weight is 698 g/mol. The van der Waals surface area contributed by atoms with Crippen molar-refractivity contribution in [3.8, 4) is 0 Å². The van der Waals surface area contributed by atoms with Gasteiger partial charge in [-0.25, -0.2) is 21.8 Å². The Morgan fingerprint density at radius 3 is 1.60 bits per heavy atom. The lowest BCUT2D eigenvalue weighted by Gasteiger charge is -2.35. The van der Waals surface area contributed by atoms with Crippen LogP contribution in [0.15, 0.2) is 54.7 Å². The normalized spacial score (nSPS) is 18.0. The van der Waals surface area contributed by atoms with Gasteiger partial charge >= 0.3 is 0 Å². The number of nitrogens with zero attached hydrogens (tertiary/aromatic N) is 6. The Balaban J connectivity index is 1.12. The molecule has 0 radical (unpaired) electrons. The Bertz CT molecular complexity index is 1800. The van der Waals surface area contributed by atoms with Crippen molar-refractivity contribution in [1.82, 2.24) is 23.9 Å². The highest BCUT2D eigenvalue weighted by molar-refractivity contribution is 7.89. The molecule has 0 atom stereocenters. The number of carbonyl (C=O) groups is 1. The van der Waals surface area contributed by atoms with Gasteiger partial charge in [0.15, 0.2) is 0 Å². The van der Waals surface area contributed by atoms with E-state index in [-0.39, 0.29) is 23.5 Å². The SMILES string of the molecule is CCS(=O)(=O)N1CCN(c2ccc(Nc3ncc(C(=O)NC4CC4)c(Nc4ccc(N5CCN(S(=O)(=O)CC)CC5)cc4)n3)cc2)CC1. The first-order chi connectivity index (χ1) is 23.0. The summed E-state index contributed by atoms with van der Waals surface area (Å²) in [6.45, 7) is 7.63. The van der Waals surface area contributed by atoms with Gasteiger partial charge in [0, 0.05) is 87.3 Å². The molecule has 3 heterocycles. The van der Waals surface area contributed by atoms with E-state index < -0.39 is 20.0 Å². The smallest absolute Gasteiger partial charge is 0.256 e. The molecule has 14 nitrogen and oxygen atoms in total. The summed E-state index contributed by atoms with van der Waals surface area (Å²) >= 11 is 0. The predicted octanol–water partition coefficient (Wildman–Crippen LogP) is 2.80. The quantitative estimate of drug-likeness (QED) is 0.255. The third-order valence-electron chi connectivity index (χ3n) is 8.92. The van der Waals surface area contributed by atoms with E-state index in [1.165, 1.54) is 6.20 Å². The standard InChI is InChI=1S/C32H43N9O5S2/c1-3-47(43,44)40-19-15-38(16-20-40)27-11-7-24(8-12-27)34-30-29(31(42)35-25-5-6-25)23-33-32(37-30)36-26-9-13-28(14-10-26)39-17-21-41(22-18-39)48(45,46)4-2/h7-14,23,25H,3-6,15-22H2,1-2H3,(H,35,42)(H2,33,34,36,37). The molecule has 0 spiro atoms. The maximum atomic E-state index is 13.1. The summed E-state index contributed by atoms with van der Waals surface area (Å²) in [4.78, 5) is 26.5. The van der Waals surface area contributed by atoms with Crippen LogP contribution in [0.2, 0.25) is 0 Å². The van der Waals surface area contributed by atoms with Crippen LogP contribution >= 0.6 is 0 Å². The van der Waals surface area contributed by atoms with Gasteiger partial charge in [-0.05, 0) is 75.2 Å². The van der Waals surface area contributed by atoms with Crippen LogP contribution in [0.1, 0.15) is 37.0 Å². The van der Waals surface area contributed by atoms with E-state index in [0.29, 0.717) is 69.7 Å². The minimum Gasteiger partial charge on any atom is -0.369 e. The molecular weight excluding hydrogens is 655 g/mol. The number of benzene rings is 2. The number of piperazine rings is 2. The largest absolute Gasteiger partial charge is 0.369 e. The highest BCUT2D eigenvalue weighted by atomic mass is 32.2. The molecule has 0 unspecified atom stereocenters. The van der Waals surface area contributed by atoms with Gasteiger partial charge in [0.2, 0.25) is 26.0 Å². The summed E-state index contributed by atoms with van der Waals surface area (Å²) in [6, 6.07) is 15.8. The molecule has 2 aromatic carbocycles.